The second kappa shape index (κ2) is 7.03. The first-order valence-corrected chi connectivity index (χ1v) is 8.73. The van der Waals surface area contributed by atoms with Gasteiger partial charge in [0.25, 0.3) is 5.91 Å². The maximum absolute atomic E-state index is 12.1. The van der Waals surface area contributed by atoms with Crippen LogP contribution in [0.15, 0.2) is 18.3 Å². The third-order valence-electron chi connectivity index (χ3n) is 3.34. The van der Waals surface area contributed by atoms with E-state index in [-0.39, 0.29) is 25.1 Å². The number of anilines is 1. The number of nitrogens with one attached hydrogen (secondary N) is 2. The van der Waals surface area contributed by atoms with E-state index in [0.29, 0.717) is 24.5 Å². The monoisotopic (exact) mass is 328 g/mol. The number of nitrogens with zero attached hydrogens (tertiary/aromatic N) is 2. The van der Waals surface area contributed by atoms with E-state index in [1.165, 1.54) is 10.6 Å². The third-order valence-corrected chi connectivity index (χ3v) is 4.61. The average Bonchev–Trinajstić information content (AvgIpc) is 2.52. The van der Waals surface area contributed by atoms with Gasteiger partial charge in [-0.15, -0.1) is 0 Å². The number of amides is 1. The Hall–Kier alpha value is -1.71. The molecule has 0 aromatic carbocycles. The lowest BCUT2D eigenvalue weighted by Crippen LogP contribution is -2.49. The minimum Gasteiger partial charge on any atom is -0.374 e. The van der Waals surface area contributed by atoms with Gasteiger partial charge in [0.15, 0.2) is 0 Å². The summed E-state index contributed by atoms with van der Waals surface area (Å²) in [6.45, 7) is 1.17. The Kier molecular flexibility index (Phi) is 5.33. The van der Waals surface area contributed by atoms with E-state index >= 15 is 0 Å². The molecule has 1 aliphatic rings. The Morgan fingerprint density at radius 3 is 3.00 bits per heavy atom. The van der Waals surface area contributed by atoms with Gasteiger partial charge in [-0.2, -0.15) is 4.31 Å². The van der Waals surface area contributed by atoms with Gasteiger partial charge in [0, 0.05) is 38.4 Å². The SMILES string of the molecule is CNc1cc(C(=O)NC[C@H]2CN(S(C)(=O)=O)CCO2)ccn1. The number of hydrogen-bond donors (Lipinski definition) is 2. The van der Waals surface area contributed by atoms with Crippen molar-refractivity contribution >= 4 is 21.7 Å². The molecule has 0 spiro atoms. The maximum Gasteiger partial charge on any atom is 0.251 e. The number of pyridine rings is 1. The van der Waals surface area contributed by atoms with Crippen molar-refractivity contribution in [1.82, 2.24) is 14.6 Å². The highest BCUT2D eigenvalue weighted by Gasteiger charge is 2.26. The molecule has 1 aromatic rings. The van der Waals surface area contributed by atoms with Crippen LogP contribution in [0.5, 0.6) is 0 Å². The number of sulfonamides is 1. The van der Waals surface area contributed by atoms with Crippen molar-refractivity contribution in [2.24, 2.45) is 0 Å². The lowest BCUT2D eigenvalue weighted by Gasteiger charge is -2.31. The molecule has 1 aromatic heterocycles. The number of carbonyl (C=O) groups excluding carboxylic acids is 1. The summed E-state index contributed by atoms with van der Waals surface area (Å²) in [4.78, 5) is 16.1. The molecular formula is C13H20N4O4S. The zero-order valence-electron chi connectivity index (χ0n) is 12.6. The first-order valence-electron chi connectivity index (χ1n) is 6.89. The summed E-state index contributed by atoms with van der Waals surface area (Å²) in [6, 6.07) is 3.25. The predicted molar refractivity (Wildman–Crippen MR) is 82.3 cm³/mol. The molecule has 122 valence electrons. The van der Waals surface area contributed by atoms with Crippen molar-refractivity contribution < 1.29 is 17.9 Å². The summed E-state index contributed by atoms with van der Waals surface area (Å²) in [5.41, 5.74) is 0.482. The summed E-state index contributed by atoms with van der Waals surface area (Å²) in [6.07, 6.45) is 2.37. The van der Waals surface area contributed by atoms with Gasteiger partial charge in [0.2, 0.25) is 10.0 Å². The summed E-state index contributed by atoms with van der Waals surface area (Å²) < 4.78 is 29.9. The average molecular weight is 328 g/mol. The highest BCUT2D eigenvalue weighted by Crippen LogP contribution is 2.09. The molecule has 0 bridgehead atoms. The molecule has 0 aliphatic carbocycles. The molecule has 2 heterocycles. The molecule has 22 heavy (non-hydrogen) atoms. The number of morpholine rings is 1. The van der Waals surface area contributed by atoms with E-state index < -0.39 is 10.0 Å². The molecule has 1 saturated heterocycles. The van der Waals surface area contributed by atoms with Crippen LogP contribution in [-0.2, 0) is 14.8 Å². The molecule has 1 aliphatic heterocycles. The van der Waals surface area contributed by atoms with Crippen LogP contribution in [0.2, 0.25) is 0 Å². The second-order valence-corrected chi connectivity index (χ2v) is 6.99. The van der Waals surface area contributed by atoms with Crippen molar-refractivity contribution in [2.45, 2.75) is 6.10 Å². The third kappa shape index (κ3) is 4.39. The molecule has 0 saturated carbocycles. The quantitative estimate of drug-likeness (QED) is 0.757. The number of hydrogen-bond acceptors (Lipinski definition) is 6. The second-order valence-electron chi connectivity index (χ2n) is 5.00. The largest absolute Gasteiger partial charge is 0.374 e. The van der Waals surface area contributed by atoms with Crippen LogP contribution in [0.25, 0.3) is 0 Å². The van der Waals surface area contributed by atoms with E-state index in [9.17, 15) is 13.2 Å². The van der Waals surface area contributed by atoms with E-state index in [1.807, 2.05) is 0 Å². The van der Waals surface area contributed by atoms with Gasteiger partial charge in [-0.1, -0.05) is 0 Å². The van der Waals surface area contributed by atoms with Crippen LogP contribution in [0, 0.1) is 0 Å². The first-order chi connectivity index (χ1) is 10.4. The normalized spacial score (nSPS) is 19.6. The maximum atomic E-state index is 12.1. The van der Waals surface area contributed by atoms with Crippen LogP contribution in [0.1, 0.15) is 10.4 Å². The van der Waals surface area contributed by atoms with Crippen molar-refractivity contribution in [1.29, 1.82) is 0 Å². The number of aromatic nitrogens is 1. The van der Waals surface area contributed by atoms with Crippen LogP contribution in [0.4, 0.5) is 5.82 Å². The van der Waals surface area contributed by atoms with Crippen LogP contribution in [0.3, 0.4) is 0 Å². The standard InChI is InChI=1S/C13H20N4O4S/c1-14-12-7-10(3-4-15-12)13(18)16-8-11-9-17(5-6-21-11)22(2,19)20/h3-4,7,11H,5-6,8-9H2,1-2H3,(H,14,15)(H,16,18)/t11-/m0/s1. The summed E-state index contributed by atoms with van der Waals surface area (Å²) in [5.74, 6) is 0.351. The molecule has 0 unspecified atom stereocenters. The van der Waals surface area contributed by atoms with Crippen LogP contribution in [-0.4, -0.2) is 69.3 Å². The Balaban J connectivity index is 1.90. The van der Waals surface area contributed by atoms with E-state index in [0.717, 1.165) is 0 Å². The number of ether oxygens (including phenoxy) is 1. The highest BCUT2D eigenvalue weighted by atomic mass is 32.2. The van der Waals surface area contributed by atoms with Gasteiger partial charge < -0.3 is 15.4 Å². The predicted octanol–water partition coefficient (Wildman–Crippen LogP) is -0.486. The molecule has 9 heteroatoms. The fourth-order valence-electron chi connectivity index (χ4n) is 2.13. The molecule has 1 fully saturated rings. The molecule has 8 nitrogen and oxygen atoms in total. The fraction of sp³-hybridized carbons (Fsp3) is 0.538. The molecule has 1 atom stereocenters. The van der Waals surface area contributed by atoms with Gasteiger partial charge in [0.05, 0.1) is 19.0 Å². The smallest absolute Gasteiger partial charge is 0.251 e. The van der Waals surface area contributed by atoms with Crippen molar-refractivity contribution in [3.8, 4) is 0 Å². The number of carbonyl (C=O) groups is 1. The lowest BCUT2D eigenvalue weighted by molar-refractivity contribution is 0.000438. The van der Waals surface area contributed by atoms with Crippen LogP contribution < -0.4 is 10.6 Å². The van der Waals surface area contributed by atoms with Gasteiger partial charge >= 0.3 is 0 Å². The van der Waals surface area contributed by atoms with Gasteiger partial charge in [0.1, 0.15) is 5.82 Å². The van der Waals surface area contributed by atoms with Crippen molar-refractivity contribution in [3.05, 3.63) is 23.9 Å². The summed E-state index contributed by atoms with van der Waals surface area (Å²) >= 11 is 0. The fourth-order valence-corrected chi connectivity index (χ4v) is 2.98. The van der Waals surface area contributed by atoms with Crippen LogP contribution >= 0.6 is 0 Å². The first kappa shape index (κ1) is 16.7. The Labute approximate surface area is 129 Å². The van der Waals surface area contributed by atoms with Crippen molar-refractivity contribution in [2.75, 3.05) is 44.9 Å². The minimum absolute atomic E-state index is 0.247. The Morgan fingerprint density at radius 2 is 2.32 bits per heavy atom. The van der Waals surface area contributed by atoms with Gasteiger partial charge in [-0.05, 0) is 12.1 Å². The van der Waals surface area contributed by atoms with Crippen molar-refractivity contribution in [3.63, 3.8) is 0 Å². The molecule has 2 N–H and O–H groups in total. The summed E-state index contributed by atoms with van der Waals surface area (Å²) in [7, 11) is -1.51. The summed E-state index contributed by atoms with van der Waals surface area (Å²) in [5, 5.41) is 5.61. The molecule has 2 rings (SSSR count). The Morgan fingerprint density at radius 1 is 1.55 bits per heavy atom. The van der Waals surface area contributed by atoms with Gasteiger partial charge in [-0.3, -0.25) is 4.79 Å². The van der Waals surface area contributed by atoms with E-state index in [4.69, 9.17) is 4.74 Å². The van der Waals surface area contributed by atoms with E-state index in [2.05, 4.69) is 15.6 Å². The zero-order chi connectivity index (χ0) is 16.2. The van der Waals surface area contributed by atoms with E-state index in [1.54, 1.807) is 25.4 Å². The Bertz CT molecular complexity index is 635. The lowest BCUT2D eigenvalue weighted by atomic mass is 10.2. The minimum atomic E-state index is -3.23. The highest BCUT2D eigenvalue weighted by molar-refractivity contribution is 7.88. The molecule has 0 radical (unpaired) electrons. The number of rotatable bonds is 5. The molecular weight excluding hydrogens is 308 g/mol. The zero-order valence-corrected chi connectivity index (χ0v) is 13.4. The molecule has 1 amide bonds. The topological polar surface area (TPSA) is 101 Å². The van der Waals surface area contributed by atoms with Gasteiger partial charge in [-0.25, -0.2) is 13.4 Å².